The fourth-order valence-corrected chi connectivity index (χ4v) is 3.71. The summed E-state index contributed by atoms with van der Waals surface area (Å²) in [4.78, 5) is 12.7. The summed E-state index contributed by atoms with van der Waals surface area (Å²) in [7, 11) is 0. The second kappa shape index (κ2) is 4.59. The zero-order chi connectivity index (χ0) is 13.5. The Morgan fingerprint density at radius 3 is 2.30 bits per heavy atom. The van der Waals surface area contributed by atoms with Crippen LogP contribution in [0.5, 0.6) is 0 Å². The molecule has 0 fully saturated rings. The van der Waals surface area contributed by atoms with Gasteiger partial charge < -0.3 is 0 Å². The molecule has 0 radical (unpaired) electrons. The number of ketones is 1. The third-order valence-corrected chi connectivity index (χ3v) is 4.80. The van der Waals surface area contributed by atoms with Gasteiger partial charge in [0, 0.05) is 11.5 Å². The van der Waals surface area contributed by atoms with E-state index in [9.17, 15) is 4.79 Å². The van der Waals surface area contributed by atoms with Gasteiger partial charge in [0.1, 0.15) is 0 Å². The summed E-state index contributed by atoms with van der Waals surface area (Å²) in [5, 5.41) is 0. The van der Waals surface area contributed by atoms with Crippen molar-refractivity contribution in [2.45, 2.75) is 32.1 Å². The van der Waals surface area contributed by atoms with Crippen LogP contribution >= 0.6 is 0 Å². The van der Waals surface area contributed by atoms with Crippen LogP contribution in [-0.4, -0.2) is 5.78 Å². The van der Waals surface area contributed by atoms with Gasteiger partial charge in [-0.05, 0) is 60.4 Å². The highest BCUT2D eigenvalue weighted by Crippen LogP contribution is 2.30. The molecule has 0 N–H and O–H groups in total. The van der Waals surface area contributed by atoms with E-state index in [0.29, 0.717) is 5.78 Å². The normalized spacial score (nSPS) is 17.0. The number of Topliss-reactive ketones (excluding diaryl/α,β-unsaturated/α-hetero) is 1. The predicted molar refractivity (Wildman–Crippen MR) is 80.1 cm³/mol. The minimum Gasteiger partial charge on any atom is -0.294 e. The number of fused-ring (bicyclic) bond motifs is 2. The highest BCUT2D eigenvalue weighted by Gasteiger charge is 2.28. The molecule has 2 aromatic carbocycles. The molecule has 1 heteroatoms. The van der Waals surface area contributed by atoms with Crippen molar-refractivity contribution in [1.29, 1.82) is 0 Å². The molecule has 0 saturated carbocycles. The molecule has 0 heterocycles. The smallest absolute Gasteiger partial charge is 0.166 e. The van der Waals surface area contributed by atoms with Crippen LogP contribution in [0.2, 0.25) is 0 Å². The summed E-state index contributed by atoms with van der Waals surface area (Å²) in [6.45, 7) is 0. The molecule has 0 atom stereocenters. The molecule has 0 spiro atoms. The Morgan fingerprint density at radius 1 is 0.850 bits per heavy atom. The van der Waals surface area contributed by atoms with Gasteiger partial charge in [-0.25, -0.2) is 0 Å². The Hall–Kier alpha value is -1.89. The second-order valence-corrected chi connectivity index (χ2v) is 6.08. The molecule has 2 aromatic rings. The van der Waals surface area contributed by atoms with E-state index in [1.54, 1.807) is 0 Å². The molecular formula is C19H18O. The van der Waals surface area contributed by atoms with Crippen LogP contribution < -0.4 is 0 Å². The first-order valence-corrected chi connectivity index (χ1v) is 7.54. The van der Waals surface area contributed by atoms with Gasteiger partial charge in [-0.15, -0.1) is 0 Å². The van der Waals surface area contributed by atoms with E-state index in [-0.39, 0.29) is 5.92 Å². The van der Waals surface area contributed by atoms with Crippen molar-refractivity contribution in [1.82, 2.24) is 0 Å². The highest BCUT2D eigenvalue weighted by atomic mass is 16.1. The zero-order valence-electron chi connectivity index (χ0n) is 11.6. The van der Waals surface area contributed by atoms with Gasteiger partial charge in [-0.1, -0.05) is 36.4 Å². The Bertz CT molecular complexity index is 659. The standard InChI is InChI=1S/C19H18O/c20-19(17-9-8-13-6-3-7-14(13)10-17)18-11-15-4-1-2-5-16(15)12-18/h1-2,4-5,8-10,18H,3,6-7,11-12H2. The minimum atomic E-state index is 0.145. The number of rotatable bonds is 2. The maximum absolute atomic E-state index is 12.7. The van der Waals surface area contributed by atoms with Crippen LogP contribution in [0.3, 0.4) is 0 Å². The van der Waals surface area contributed by atoms with E-state index in [4.69, 9.17) is 0 Å². The Kier molecular flexibility index (Phi) is 2.73. The van der Waals surface area contributed by atoms with Crippen molar-refractivity contribution in [2.24, 2.45) is 5.92 Å². The molecule has 100 valence electrons. The van der Waals surface area contributed by atoms with Crippen LogP contribution in [0.4, 0.5) is 0 Å². The van der Waals surface area contributed by atoms with Gasteiger partial charge in [-0.3, -0.25) is 4.79 Å². The average molecular weight is 262 g/mol. The Morgan fingerprint density at radius 2 is 1.55 bits per heavy atom. The van der Waals surface area contributed by atoms with Crippen molar-refractivity contribution >= 4 is 5.78 Å². The van der Waals surface area contributed by atoms with Crippen LogP contribution in [-0.2, 0) is 25.7 Å². The van der Waals surface area contributed by atoms with Crippen LogP contribution in [0.1, 0.15) is 39.0 Å². The van der Waals surface area contributed by atoms with Crippen molar-refractivity contribution in [3.63, 3.8) is 0 Å². The lowest BCUT2D eigenvalue weighted by Crippen LogP contribution is -2.15. The van der Waals surface area contributed by atoms with Gasteiger partial charge >= 0.3 is 0 Å². The van der Waals surface area contributed by atoms with Crippen molar-refractivity contribution in [3.8, 4) is 0 Å². The van der Waals surface area contributed by atoms with E-state index in [2.05, 4.69) is 36.4 Å². The largest absolute Gasteiger partial charge is 0.294 e. The van der Waals surface area contributed by atoms with Crippen LogP contribution in [0, 0.1) is 5.92 Å². The molecule has 0 amide bonds. The van der Waals surface area contributed by atoms with Crippen LogP contribution in [0.15, 0.2) is 42.5 Å². The van der Waals surface area contributed by atoms with Crippen molar-refractivity contribution < 1.29 is 4.79 Å². The number of hydrogen-bond acceptors (Lipinski definition) is 1. The Balaban J connectivity index is 1.60. The van der Waals surface area contributed by atoms with E-state index < -0.39 is 0 Å². The summed E-state index contributed by atoms with van der Waals surface area (Å²) >= 11 is 0. The minimum absolute atomic E-state index is 0.145. The SMILES string of the molecule is O=C(c1ccc2c(c1)CCC2)C1Cc2ccccc2C1. The van der Waals surface area contributed by atoms with E-state index >= 15 is 0 Å². The van der Waals surface area contributed by atoms with E-state index in [0.717, 1.165) is 24.8 Å². The molecule has 0 unspecified atom stereocenters. The fraction of sp³-hybridized carbons (Fsp3) is 0.316. The fourth-order valence-electron chi connectivity index (χ4n) is 3.71. The summed E-state index contributed by atoms with van der Waals surface area (Å²) in [6, 6.07) is 14.8. The first-order valence-electron chi connectivity index (χ1n) is 7.54. The Labute approximate surface area is 119 Å². The number of aryl methyl sites for hydroxylation is 2. The quantitative estimate of drug-likeness (QED) is 0.753. The number of carbonyl (C=O) groups excluding carboxylic acids is 1. The molecule has 2 aliphatic carbocycles. The maximum Gasteiger partial charge on any atom is 0.166 e. The lowest BCUT2D eigenvalue weighted by Gasteiger charge is -2.09. The third kappa shape index (κ3) is 1.89. The van der Waals surface area contributed by atoms with Crippen molar-refractivity contribution in [3.05, 3.63) is 70.3 Å². The second-order valence-electron chi connectivity index (χ2n) is 6.08. The van der Waals surface area contributed by atoms with E-state index in [1.165, 1.54) is 35.1 Å². The first kappa shape index (κ1) is 11.9. The third-order valence-electron chi connectivity index (χ3n) is 4.80. The molecule has 2 aliphatic rings. The molecular weight excluding hydrogens is 244 g/mol. The summed E-state index contributed by atoms with van der Waals surface area (Å²) in [5.74, 6) is 0.475. The lowest BCUT2D eigenvalue weighted by molar-refractivity contribution is 0.0924. The predicted octanol–water partition coefficient (Wildman–Crippen LogP) is 3.77. The summed E-state index contributed by atoms with van der Waals surface area (Å²) in [5.41, 5.74) is 6.46. The molecule has 1 nitrogen and oxygen atoms in total. The number of carbonyl (C=O) groups is 1. The number of hydrogen-bond donors (Lipinski definition) is 0. The number of benzene rings is 2. The lowest BCUT2D eigenvalue weighted by atomic mass is 9.93. The molecule has 0 aliphatic heterocycles. The van der Waals surface area contributed by atoms with Gasteiger partial charge in [0.25, 0.3) is 0 Å². The van der Waals surface area contributed by atoms with E-state index in [1.807, 2.05) is 6.07 Å². The van der Waals surface area contributed by atoms with Gasteiger partial charge in [0.2, 0.25) is 0 Å². The molecule has 0 aromatic heterocycles. The van der Waals surface area contributed by atoms with Gasteiger partial charge in [0.05, 0.1) is 0 Å². The first-order chi connectivity index (χ1) is 9.81. The van der Waals surface area contributed by atoms with Crippen LogP contribution in [0.25, 0.3) is 0 Å². The average Bonchev–Trinajstić information content (AvgIpc) is 3.11. The van der Waals surface area contributed by atoms with Gasteiger partial charge in [-0.2, -0.15) is 0 Å². The zero-order valence-corrected chi connectivity index (χ0v) is 11.6. The van der Waals surface area contributed by atoms with Gasteiger partial charge in [0.15, 0.2) is 5.78 Å². The molecule has 0 saturated heterocycles. The molecule has 0 bridgehead atoms. The highest BCUT2D eigenvalue weighted by molar-refractivity contribution is 5.98. The summed E-state index contributed by atoms with van der Waals surface area (Å²) in [6.07, 6.45) is 5.38. The maximum atomic E-state index is 12.7. The van der Waals surface area contributed by atoms with Crippen molar-refractivity contribution in [2.75, 3.05) is 0 Å². The topological polar surface area (TPSA) is 17.1 Å². The molecule has 4 rings (SSSR count). The molecule has 20 heavy (non-hydrogen) atoms. The monoisotopic (exact) mass is 262 g/mol. The summed E-state index contributed by atoms with van der Waals surface area (Å²) < 4.78 is 0.